The van der Waals surface area contributed by atoms with Crippen LogP contribution in [0.1, 0.15) is 71.1 Å². The summed E-state index contributed by atoms with van der Waals surface area (Å²) in [5.41, 5.74) is 6.08. The molecule has 0 aromatic heterocycles. The standard InChI is InChI=1S/C16H29NO2/c1-2-3-7-14(17)15(18)13-8-11-19-16(12-13)9-5-4-6-10-16/h13-14H,2-12,17H2,1H3. The van der Waals surface area contributed by atoms with Crippen molar-refractivity contribution < 1.29 is 9.53 Å². The molecule has 1 spiro atoms. The Balaban J connectivity index is 1.91. The molecular weight excluding hydrogens is 238 g/mol. The second-order valence-corrected chi connectivity index (χ2v) is 6.43. The summed E-state index contributed by atoms with van der Waals surface area (Å²) in [5, 5.41) is 0. The van der Waals surface area contributed by atoms with Gasteiger partial charge in [0.15, 0.2) is 5.78 Å². The summed E-state index contributed by atoms with van der Waals surface area (Å²) < 4.78 is 6.05. The van der Waals surface area contributed by atoms with Gasteiger partial charge in [0.1, 0.15) is 0 Å². The maximum absolute atomic E-state index is 12.4. The van der Waals surface area contributed by atoms with Crippen LogP contribution in [-0.4, -0.2) is 24.0 Å². The molecule has 110 valence electrons. The number of carbonyl (C=O) groups is 1. The van der Waals surface area contributed by atoms with Crippen LogP contribution < -0.4 is 5.73 Å². The van der Waals surface area contributed by atoms with Gasteiger partial charge in [0.05, 0.1) is 11.6 Å². The van der Waals surface area contributed by atoms with Crippen molar-refractivity contribution in [2.75, 3.05) is 6.61 Å². The molecule has 1 aliphatic carbocycles. The van der Waals surface area contributed by atoms with E-state index in [2.05, 4.69) is 6.92 Å². The van der Waals surface area contributed by atoms with Crippen molar-refractivity contribution in [3.63, 3.8) is 0 Å². The van der Waals surface area contributed by atoms with E-state index in [0.717, 1.165) is 51.6 Å². The molecule has 0 aromatic rings. The number of carbonyl (C=O) groups excluding carboxylic acids is 1. The van der Waals surface area contributed by atoms with Crippen molar-refractivity contribution in [2.24, 2.45) is 11.7 Å². The molecule has 2 rings (SSSR count). The Morgan fingerprint density at radius 2 is 2.11 bits per heavy atom. The molecular formula is C16H29NO2. The second kappa shape index (κ2) is 6.85. The van der Waals surface area contributed by atoms with Gasteiger partial charge in [-0.05, 0) is 32.1 Å². The van der Waals surface area contributed by atoms with Crippen molar-refractivity contribution in [3.05, 3.63) is 0 Å². The van der Waals surface area contributed by atoms with Crippen LogP contribution >= 0.6 is 0 Å². The second-order valence-electron chi connectivity index (χ2n) is 6.43. The molecule has 0 amide bonds. The van der Waals surface area contributed by atoms with Gasteiger partial charge in [-0.25, -0.2) is 0 Å². The summed E-state index contributed by atoms with van der Waals surface area (Å²) in [4.78, 5) is 12.4. The quantitative estimate of drug-likeness (QED) is 0.832. The lowest BCUT2D eigenvalue weighted by atomic mass is 9.74. The molecule has 3 nitrogen and oxygen atoms in total. The SMILES string of the molecule is CCCCC(N)C(=O)C1CCOC2(CCCCC2)C1. The van der Waals surface area contributed by atoms with E-state index in [4.69, 9.17) is 10.5 Å². The summed E-state index contributed by atoms with van der Waals surface area (Å²) in [6.07, 6.45) is 10.9. The number of ether oxygens (including phenoxy) is 1. The van der Waals surface area contributed by atoms with Gasteiger partial charge in [-0.1, -0.05) is 39.0 Å². The Morgan fingerprint density at radius 1 is 1.37 bits per heavy atom. The predicted molar refractivity (Wildman–Crippen MR) is 77.0 cm³/mol. The van der Waals surface area contributed by atoms with Crippen molar-refractivity contribution in [3.8, 4) is 0 Å². The zero-order chi connectivity index (χ0) is 13.7. The number of hydrogen-bond donors (Lipinski definition) is 1. The lowest BCUT2D eigenvalue weighted by Crippen LogP contribution is -2.46. The fourth-order valence-electron chi connectivity index (χ4n) is 3.68. The summed E-state index contributed by atoms with van der Waals surface area (Å²) in [5.74, 6) is 0.445. The number of Topliss-reactive ketones (excluding diaryl/α,β-unsaturated/α-hetero) is 1. The minimum absolute atomic E-state index is 0.0152. The Bertz CT molecular complexity index is 292. The van der Waals surface area contributed by atoms with Crippen molar-refractivity contribution >= 4 is 5.78 Å². The highest BCUT2D eigenvalue weighted by Crippen LogP contribution is 2.41. The molecule has 1 aliphatic heterocycles. The largest absolute Gasteiger partial charge is 0.375 e. The molecule has 2 fully saturated rings. The predicted octanol–water partition coefficient (Wildman–Crippen LogP) is 3.20. The van der Waals surface area contributed by atoms with E-state index in [1.165, 1.54) is 19.3 Å². The normalized spacial score (nSPS) is 28.2. The Labute approximate surface area is 117 Å². The van der Waals surface area contributed by atoms with Gasteiger partial charge in [0.25, 0.3) is 0 Å². The third kappa shape index (κ3) is 3.79. The number of hydrogen-bond acceptors (Lipinski definition) is 3. The first-order valence-corrected chi connectivity index (χ1v) is 8.10. The Morgan fingerprint density at radius 3 is 2.79 bits per heavy atom. The van der Waals surface area contributed by atoms with Crippen LogP contribution in [0.15, 0.2) is 0 Å². The molecule has 3 heteroatoms. The summed E-state index contributed by atoms with van der Waals surface area (Å²) >= 11 is 0. The minimum Gasteiger partial charge on any atom is -0.375 e. The summed E-state index contributed by atoms with van der Waals surface area (Å²) in [7, 11) is 0. The van der Waals surface area contributed by atoms with Gasteiger partial charge in [0, 0.05) is 12.5 Å². The topological polar surface area (TPSA) is 52.3 Å². The van der Waals surface area contributed by atoms with Crippen LogP contribution in [-0.2, 0) is 9.53 Å². The third-order valence-electron chi connectivity index (χ3n) is 4.89. The minimum atomic E-state index is -0.247. The maximum Gasteiger partial charge on any atom is 0.152 e. The first-order chi connectivity index (χ1) is 9.17. The first kappa shape index (κ1) is 15.0. The molecule has 2 atom stereocenters. The van der Waals surface area contributed by atoms with Gasteiger partial charge in [0.2, 0.25) is 0 Å². The molecule has 1 saturated carbocycles. The molecule has 2 unspecified atom stereocenters. The molecule has 0 bridgehead atoms. The number of unbranched alkanes of at least 4 members (excludes halogenated alkanes) is 1. The zero-order valence-electron chi connectivity index (χ0n) is 12.3. The van der Waals surface area contributed by atoms with E-state index in [1.54, 1.807) is 0 Å². The van der Waals surface area contributed by atoms with E-state index in [9.17, 15) is 4.79 Å². The molecule has 1 saturated heterocycles. The van der Waals surface area contributed by atoms with Crippen molar-refractivity contribution in [1.29, 1.82) is 0 Å². The van der Waals surface area contributed by atoms with E-state index < -0.39 is 0 Å². The van der Waals surface area contributed by atoms with E-state index in [0.29, 0.717) is 5.78 Å². The summed E-state index contributed by atoms with van der Waals surface area (Å²) in [6, 6.07) is -0.247. The Hall–Kier alpha value is -0.410. The van der Waals surface area contributed by atoms with Crippen LogP contribution in [0.2, 0.25) is 0 Å². The van der Waals surface area contributed by atoms with Crippen LogP contribution in [0.3, 0.4) is 0 Å². The highest BCUT2D eigenvalue weighted by atomic mass is 16.5. The average Bonchev–Trinajstić information content (AvgIpc) is 2.45. The van der Waals surface area contributed by atoms with E-state index in [1.807, 2.05) is 0 Å². The fourth-order valence-corrected chi connectivity index (χ4v) is 3.68. The van der Waals surface area contributed by atoms with Crippen LogP contribution in [0.5, 0.6) is 0 Å². The van der Waals surface area contributed by atoms with Crippen LogP contribution in [0.4, 0.5) is 0 Å². The molecule has 2 aliphatic rings. The highest BCUT2D eigenvalue weighted by Gasteiger charge is 2.41. The monoisotopic (exact) mass is 267 g/mol. The lowest BCUT2D eigenvalue weighted by molar-refractivity contribution is -0.144. The summed E-state index contributed by atoms with van der Waals surface area (Å²) in [6.45, 7) is 2.89. The Kier molecular flexibility index (Phi) is 5.40. The van der Waals surface area contributed by atoms with Gasteiger partial charge in [-0.2, -0.15) is 0 Å². The molecule has 1 heterocycles. The third-order valence-corrected chi connectivity index (χ3v) is 4.89. The molecule has 19 heavy (non-hydrogen) atoms. The van der Waals surface area contributed by atoms with Gasteiger partial charge in [-0.3, -0.25) is 4.79 Å². The number of rotatable bonds is 5. The van der Waals surface area contributed by atoms with Crippen molar-refractivity contribution in [1.82, 2.24) is 0 Å². The van der Waals surface area contributed by atoms with Gasteiger partial charge >= 0.3 is 0 Å². The zero-order valence-corrected chi connectivity index (χ0v) is 12.3. The lowest BCUT2D eigenvalue weighted by Gasteiger charge is -2.43. The molecule has 0 aromatic carbocycles. The number of ketones is 1. The number of nitrogens with two attached hydrogens (primary N) is 1. The van der Waals surface area contributed by atoms with Crippen LogP contribution in [0, 0.1) is 5.92 Å². The van der Waals surface area contributed by atoms with Gasteiger partial charge in [-0.15, -0.1) is 0 Å². The first-order valence-electron chi connectivity index (χ1n) is 8.10. The molecule has 2 N–H and O–H groups in total. The molecule has 0 radical (unpaired) electrons. The van der Waals surface area contributed by atoms with Crippen molar-refractivity contribution in [2.45, 2.75) is 82.8 Å². The highest BCUT2D eigenvalue weighted by molar-refractivity contribution is 5.86. The smallest absolute Gasteiger partial charge is 0.152 e. The van der Waals surface area contributed by atoms with Crippen LogP contribution in [0.25, 0.3) is 0 Å². The van der Waals surface area contributed by atoms with Gasteiger partial charge < -0.3 is 10.5 Å². The average molecular weight is 267 g/mol. The van der Waals surface area contributed by atoms with E-state index >= 15 is 0 Å². The maximum atomic E-state index is 12.4. The fraction of sp³-hybridized carbons (Fsp3) is 0.938. The van der Waals surface area contributed by atoms with E-state index in [-0.39, 0.29) is 17.6 Å².